The number of nitrogens with two attached hydrogens (primary N) is 1. The maximum absolute atomic E-state index is 11.8. The van der Waals surface area contributed by atoms with Crippen molar-refractivity contribution in [3.63, 3.8) is 0 Å². The van der Waals surface area contributed by atoms with Crippen molar-refractivity contribution < 1.29 is 13.5 Å². The van der Waals surface area contributed by atoms with Gasteiger partial charge in [0.05, 0.1) is 6.61 Å². The van der Waals surface area contributed by atoms with Crippen molar-refractivity contribution >= 4 is 11.9 Å². The van der Waals surface area contributed by atoms with Crippen LogP contribution in [-0.2, 0) is 4.74 Å². The number of halogens is 2. The van der Waals surface area contributed by atoms with Gasteiger partial charge in [-0.05, 0) is 6.07 Å². The number of rotatable bonds is 7. The Kier molecular flexibility index (Phi) is 4.71. The molecule has 0 fully saturated rings. The predicted molar refractivity (Wildman–Crippen MR) is 66.7 cm³/mol. The number of nitrogens with one attached hydrogen (secondary N) is 1. The lowest BCUT2D eigenvalue weighted by Crippen LogP contribution is -2.16. The number of alkyl halides is 2. The van der Waals surface area contributed by atoms with Gasteiger partial charge in [-0.1, -0.05) is 0 Å². The third-order valence-electron chi connectivity index (χ3n) is 2.12. The molecule has 0 spiro atoms. The van der Waals surface area contributed by atoms with Gasteiger partial charge in [-0.15, -0.1) is 0 Å². The summed E-state index contributed by atoms with van der Waals surface area (Å²) in [6.45, 7) is -0.221. The first kappa shape index (κ1) is 14.1. The molecule has 0 radical (unpaired) electrons. The van der Waals surface area contributed by atoms with Crippen LogP contribution in [0, 0.1) is 0 Å². The number of hydrogen-bond acceptors (Lipinski definition) is 7. The number of ether oxygens (including phenoxy) is 1. The van der Waals surface area contributed by atoms with E-state index in [4.69, 9.17) is 10.5 Å². The van der Waals surface area contributed by atoms with Crippen LogP contribution in [-0.4, -0.2) is 50.9 Å². The van der Waals surface area contributed by atoms with Gasteiger partial charge in [0, 0.05) is 18.9 Å². The summed E-state index contributed by atoms with van der Waals surface area (Å²) >= 11 is 0. The van der Waals surface area contributed by atoms with E-state index < -0.39 is 13.0 Å². The highest BCUT2D eigenvalue weighted by Crippen LogP contribution is 2.05. The van der Waals surface area contributed by atoms with Crippen molar-refractivity contribution in [3.05, 3.63) is 18.5 Å². The van der Waals surface area contributed by atoms with Gasteiger partial charge in [0.25, 0.3) is 12.4 Å². The van der Waals surface area contributed by atoms with Crippen LogP contribution in [0.5, 0.6) is 0 Å². The largest absolute Gasteiger partial charge is 0.374 e. The Hall–Kier alpha value is -2.36. The lowest BCUT2D eigenvalue weighted by atomic mass is 10.6. The summed E-state index contributed by atoms with van der Waals surface area (Å²) in [5.41, 5.74) is 5.56. The molecule has 2 aromatic heterocycles. The van der Waals surface area contributed by atoms with Gasteiger partial charge in [-0.25, -0.2) is 13.5 Å². The standard InChI is InChI=1S/C10H13F2N7O/c11-7(12)6-20-5-3-14-9-16-8(13)17-10(18-9)19-4-1-2-15-19/h1-2,4,7H,3,5-6H2,(H3,13,14,16,17,18). The van der Waals surface area contributed by atoms with Gasteiger partial charge in [-0.3, -0.25) is 0 Å². The normalized spacial score (nSPS) is 10.9. The van der Waals surface area contributed by atoms with E-state index in [0.29, 0.717) is 0 Å². The van der Waals surface area contributed by atoms with Gasteiger partial charge in [0.1, 0.15) is 6.61 Å². The highest BCUT2D eigenvalue weighted by molar-refractivity contribution is 5.34. The van der Waals surface area contributed by atoms with E-state index in [1.807, 2.05) is 0 Å². The molecular formula is C10H13F2N7O. The molecule has 108 valence electrons. The van der Waals surface area contributed by atoms with Crippen LogP contribution < -0.4 is 11.1 Å². The zero-order valence-electron chi connectivity index (χ0n) is 10.4. The van der Waals surface area contributed by atoms with Crippen molar-refractivity contribution in [1.82, 2.24) is 24.7 Å². The molecule has 2 rings (SSSR count). The first-order valence-electron chi connectivity index (χ1n) is 5.76. The van der Waals surface area contributed by atoms with Gasteiger partial charge < -0.3 is 15.8 Å². The van der Waals surface area contributed by atoms with E-state index in [0.717, 1.165) is 0 Å². The molecule has 2 aromatic rings. The quantitative estimate of drug-likeness (QED) is 0.706. The number of nitrogens with zero attached hydrogens (tertiary/aromatic N) is 5. The van der Waals surface area contributed by atoms with E-state index in [9.17, 15) is 8.78 Å². The predicted octanol–water partition coefficient (Wildman–Crippen LogP) is 0.333. The maximum atomic E-state index is 11.8. The van der Waals surface area contributed by atoms with Gasteiger partial charge in [0.15, 0.2) is 0 Å². The lowest BCUT2D eigenvalue weighted by Gasteiger charge is -2.07. The molecule has 2 heterocycles. The number of anilines is 2. The summed E-state index contributed by atoms with van der Waals surface area (Å²) in [4.78, 5) is 11.9. The molecule has 0 atom stereocenters. The van der Waals surface area contributed by atoms with Crippen LogP contribution in [0.2, 0.25) is 0 Å². The molecular weight excluding hydrogens is 272 g/mol. The third-order valence-corrected chi connectivity index (χ3v) is 2.12. The first-order chi connectivity index (χ1) is 9.65. The molecule has 0 amide bonds. The number of nitrogen functional groups attached to an aromatic ring is 1. The fraction of sp³-hybridized carbons (Fsp3) is 0.400. The van der Waals surface area contributed by atoms with E-state index >= 15 is 0 Å². The van der Waals surface area contributed by atoms with Gasteiger partial charge in [0.2, 0.25) is 11.9 Å². The van der Waals surface area contributed by atoms with Crippen LogP contribution >= 0.6 is 0 Å². The smallest absolute Gasteiger partial charge is 0.261 e. The van der Waals surface area contributed by atoms with Crippen molar-refractivity contribution in [2.45, 2.75) is 6.43 Å². The van der Waals surface area contributed by atoms with Crippen LogP contribution in [0.25, 0.3) is 5.95 Å². The summed E-state index contributed by atoms with van der Waals surface area (Å²) in [7, 11) is 0. The van der Waals surface area contributed by atoms with E-state index in [-0.39, 0.29) is 31.0 Å². The van der Waals surface area contributed by atoms with E-state index in [1.165, 1.54) is 4.68 Å². The fourth-order valence-corrected chi connectivity index (χ4v) is 1.36. The molecule has 0 unspecified atom stereocenters. The highest BCUT2D eigenvalue weighted by atomic mass is 19.3. The van der Waals surface area contributed by atoms with Crippen molar-refractivity contribution in [2.24, 2.45) is 0 Å². The second-order valence-electron chi connectivity index (χ2n) is 3.66. The molecule has 3 N–H and O–H groups in total. The zero-order valence-corrected chi connectivity index (χ0v) is 10.4. The Morgan fingerprint density at radius 1 is 1.35 bits per heavy atom. The monoisotopic (exact) mass is 285 g/mol. The summed E-state index contributed by atoms with van der Waals surface area (Å²) in [5, 5.41) is 6.78. The minimum Gasteiger partial charge on any atom is -0.374 e. The maximum Gasteiger partial charge on any atom is 0.261 e. The van der Waals surface area contributed by atoms with Gasteiger partial charge in [-0.2, -0.15) is 20.1 Å². The Labute approximate surface area is 113 Å². The fourth-order valence-electron chi connectivity index (χ4n) is 1.36. The number of aromatic nitrogens is 5. The average Bonchev–Trinajstić information content (AvgIpc) is 2.91. The molecule has 0 aliphatic carbocycles. The molecule has 0 saturated heterocycles. The average molecular weight is 285 g/mol. The molecule has 0 aliphatic heterocycles. The number of hydrogen-bond donors (Lipinski definition) is 2. The van der Waals surface area contributed by atoms with Crippen LogP contribution in [0.1, 0.15) is 0 Å². The molecule has 20 heavy (non-hydrogen) atoms. The van der Waals surface area contributed by atoms with Crippen LogP contribution in [0.15, 0.2) is 18.5 Å². The molecule has 0 aromatic carbocycles. The minimum atomic E-state index is -2.48. The minimum absolute atomic E-state index is 0.0292. The van der Waals surface area contributed by atoms with E-state index in [1.54, 1.807) is 18.5 Å². The van der Waals surface area contributed by atoms with Crippen molar-refractivity contribution in [2.75, 3.05) is 30.8 Å². The van der Waals surface area contributed by atoms with Gasteiger partial charge >= 0.3 is 0 Å². The molecule has 0 saturated carbocycles. The Bertz CT molecular complexity index is 534. The second kappa shape index (κ2) is 6.70. The molecule has 10 heteroatoms. The van der Waals surface area contributed by atoms with Crippen molar-refractivity contribution in [1.29, 1.82) is 0 Å². The third kappa shape index (κ3) is 4.09. The SMILES string of the molecule is Nc1nc(NCCOCC(F)F)nc(-n2cccn2)n1. The lowest BCUT2D eigenvalue weighted by molar-refractivity contribution is 0.0214. The first-order valence-corrected chi connectivity index (χ1v) is 5.76. The Balaban J connectivity index is 1.92. The molecule has 8 nitrogen and oxygen atoms in total. The summed E-state index contributed by atoms with van der Waals surface area (Å²) in [5.74, 6) is 0.517. The Morgan fingerprint density at radius 2 is 2.20 bits per heavy atom. The highest BCUT2D eigenvalue weighted by Gasteiger charge is 2.06. The topological polar surface area (TPSA) is 104 Å². The molecule has 0 bridgehead atoms. The van der Waals surface area contributed by atoms with Crippen molar-refractivity contribution in [3.8, 4) is 5.95 Å². The Morgan fingerprint density at radius 3 is 2.90 bits per heavy atom. The summed E-state index contributed by atoms with van der Waals surface area (Å²) in [6.07, 6.45) is 0.754. The molecule has 0 aliphatic rings. The summed E-state index contributed by atoms with van der Waals surface area (Å²) < 4.78 is 29.8. The zero-order chi connectivity index (χ0) is 14.4. The summed E-state index contributed by atoms with van der Waals surface area (Å²) in [6, 6.07) is 1.71. The van der Waals surface area contributed by atoms with E-state index in [2.05, 4.69) is 25.4 Å². The second-order valence-corrected chi connectivity index (χ2v) is 3.66. The van der Waals surface area contributed by atoms with Crippen LogP contribution in [0.4, 0.5) is 20.7 Å². The van der Waals surface area contributed by atoms with Crippen LogP contribution in [0.3, 0.4) is 0 Å².